The largest absolute Gasteiger partial charge is 0.361 e. The summed E-state index contributed by atoms with van der Waals surface area (Å²) in [6.07, 6.45) is 1.66. The number of aromatic nitrogens is 2. The molecule has 0 spiro atoms. The zero-order chi connectivity index (χ0) is 21.0. The van der Waals surface area contributed by atoms with Gasteiger partial charge in [0.2, 0.25) is 0 Å². The number of aryl methyl sites for hydroxylation is 2. The SMILES string of the molecule is CNC(=O)c1cccc(NC(=O)c2cccnc2SCc2c(C)noc2C)c1C. The van der Waals surface area contributed by atoms with Crippen molar-refractivity contribution in [2.75, 3.05) is 12.4 Å². The summed E-state index contributed by atoms with van der Waals surface area (Å²) in [6.45, 7) is 5.56. The summed E-state index contributed by atoms with van der Waals surface area (Å²) in [7, 11) is 1.57. The van der Waals surface area contributed by atoms with Crippen LogP contribution in [0.5, 0.6) is 0 Å². The molecule has 0 bridgehead atoms. The van der Waals surface area contributed by atoms with Crippen LogP contribution >= 0.6 is 11.8 Å². The molecule has 2 heterocycles. The van der Waals surface area contributed by atoms with Crippen molar-refractivity contribution in [3.63, 3.8) is 0 Å². The van der Waals surface area contributed by atoms with Crippen LogP contribution in [0.3, 0.4) is 0 Å². The van der Waals surface area contributed by atoms with Gasteiger partial charge in [0.25, 0.3) is 11.8 Å². The van der Waals surface area contributed by atoms with Crippen molar-refractivity contribution in [1.82, 2.24) is 15.5 Å². The molecule has 7 nitrogen and oxygen atoms in total. The van der Waals surface area contributed by atoms with E-state index in [-0.39, 0.29) is 11.8 Å². The van der Waals surface area contributed by atoms with Gasteiger partial charge >= 0.3 is 0 Å². The summed E-state index contributed by atoms with van der Waals surface area (Å²) in [5, 5.41) is 10.1. The zero-order valence-electron chi connectivity index (χ0n) is 16.7. The summed E-state index contributed by atoms with van der Waals surface area (Å²) in [5.41, 5.74) is 4.11. The molecule has 29 heavy (non-hydrogen) atoms. The van der Waals surface area contributed by atoms with Crippen LogP contribution in [-0.4, -0.2) is 29.0 Å². The van der Waals surface area contributed by atoms with Gasteiger partial charge in [0.15, 0.2) is 0 Å². The summed E-state index contributed by atoms with van der Waals surface area (Å²) < 4.78 is 5.20. The number of carbonyl (C=O) groups is 2. The molecule has 0 fully saturated rings. The van der Waals surface area contributed by atoms with Crippen molar-refractivity contribution >= 4 is 29.3 Å². The highest BCUT2D eigenvalue weighted by Gasteiger charge is 2.17. The second-order valence-corrected chi connectivity index (χ2v) is 7.42. The number of pyridine rings is 1. The van der Waals surface area contributed by atoms with Crippen molar-refractivity contribution in [3.05, 3.63) is 70.2 Å². The van der Waals surface area contributed by atoms with Gasteiger partial charge in [-0.15, -0.1) is 11.8 Å². The summed E-state index contributed by atoms with van der Waals surface area (Å²) >= 11 is 1.45. The molecule has 2 aromatic heterocycles. The monoisotopic (exact) mass is 410 g/mol. The Bertz CT molecular complexity index is 1040. The lowest BCUT2D eigenvalue weighted by molar-refractivity contribution is 0.0960. The minimum absolute atomic E-state index is 0.198. The van der Waals surface area contributed by atoms with Crippen LogP contribution in [0.1, 0.15) is 43.3 Å². The molecular weight excluding hydrogens is 388 g/mol. The lowest BCUT2D eigenvalue weighted by atomic mass is 10.1. The molecule has 3 rings (SSSR count). The van der Waals surface area contributed by atoms with Crippen LogP contribution in [0, 0.1) is 20.8 Å². The van der Waals surface area contributed by atoms with E-state index < -0.39 is 0 Å². The van der Waals surface area contributed by atoms with E-state index >= 15 is 0 Å². The second kappa shape index (κ2) is 8.91. The third kappa shape index (κ3) is 4.48. The van der Waals surface area contributed by atoms with Crippen LogP contribution in [0.25, 0.3) is 0 Å². The number of anilines is 1. The molecular formula is C21H22N4O3S. The minimum Gasteiger partial charge on any atom is -0.361 e. The van der Waals surface area contributed by atoms with E-state index in [1.54, 1.807) is 50.5 Å². The van der Waals surface area contributed by atoms with Crippen molar-refractivity contribution in [2.24, 2.45) is 0 Å². The minimum atomic E-state index is -0.281. The van der Waals surface area contributed by atoms with E-state index in [0.29, 0.717) is 33.2 Å². The number of hydrogen-bond acceptors (Lipinski definition) is 6. The Balaban J connectivity index is 1.81. The molecule has 150 valence electrons. The predicted molar refractivity (Wildman–Crippen MR) is 112 cm³/mol. The van der Waals surface area contributed by atoms with Crippen molar-refractivity contribution in [1.29, 1.82) is 0 Å². The van der Waals surface area contributed by atoms with E-state index in [2.05, 4.69) is 20.8 Å². The standard InChI is InChI=1S/C21H22N4O3S/c1-12-15(19(26)22-4)7-5-9-18(12)24-20(27)16-8-6-10-23-21(16)29-11-17-13(2)25-28-14(17)3/h5-10H,11H2,1-4H3,(H,22,26)(H,24,27). The average Bonchev–Trinajstić information content (AvgIpc) is 3.05. The highest BCUT2D eigenvalue weighted by Crippen LogP contribution is 2.28. The van der Waals surface area contributed by atoms with Gasteiger partial charge in [-0.3, -0.25) is 9.59 Å². The first-order valence-corrected chi connectivity index (χ1v) is 10.0. The lowest BCUT2D eigenvalue weighted by Crippen LogP contribution is -2.20. The maximum Gasteiger partial charge on any atom is 0.258 e. The second-order valence-electron chi connectivity index (χ2n) is 6.46. The molecule has 0 unspecified atom stereocenters. The van der Waals surface area contributed by atoms with Gasteiger partial charge in [0, 0.05) is 35.8 Å². The molecule has 0 aliphatic rings. The topological polar surface area (TPSA) is 97.1 Å². The number of thioether (sulfide) groups is 1. The normalized spacial score (nSPS) is 10.6. The van der Waals surface area contributed by atoms with Crippen LogP contribution in [0.15, 0.2) is 46.1 Å². The average molecular weight is 410 g/mol. The first kappa shape index (κ1) is 20.6. The molecule has 8 heteroatoms. The fraction of sp³-hybridized carbons (Fsp3) is 0.238. The van der Waals surface area contributed by atoms with Crippen LogP contribution in [0.4, 0.5) is 5.69 Å². The molecule has 0 aliphatic heterocycles. The third-order valence-corrected chi connectivity index (χ3v) is 5.64. The van der Waals surface area contributed by atoms with E-state index in [9.17, 15) is 9.59 Å². The van der Waals surface area contributed by atoms with Crippen LogP contribution in [0.2, 0.25) is 0 Å². The lowest BCUT2D eigenvalue weighted by Gasteiger charge is -2.13. The van der Waals surface area contributed by atoms with Gasteiger partial charge in [-0.1, -0.05) is 11.2 Å². The molecule has 0 saturated heterocycles. The smallest absolute Gasteiger partial charge is 0.258 e. The van der Waals surface area contributed by atoms with Crippen molar-refractivity contribution < 1.29 is 14.1 Å². The van der Waals surface area contributed by atoms with Gasteiger partial charge in [-0.25, -0.2) is 4.98 Å². The Kier molecular flexibility index (Phi) is 6.33. The summed E-state index contributed by atoms with van der Waals surface area (Å²) in [6, 6.07) is 8.69. The number of hydrogen-bond donors (Lipinski definition) is 2. The molecule has 0 radical (unpaired) electrons. The summed E-state index contributed by atoms with van der Waals surface area (Å²) in [5.74, 6) is 0.884. The van der Waals surface area contributed by atoms with E-state index in [0.717, 1.165) is 17.0 Å². The van der Waals surface area contributed by atoms with Crippen molar-refractivity contribution in [2.45, 2.75) is 31.6 Å². The molecule has 2 N–H and O–H groups in total. The number of rotatable bonds is 6. The Morgan fingerprint density at radius 1 is 1.07 bits per heavy atom. The fourth-order valence-corrected chi connectivity index (χ4v) is 4.01. The van der Waals surface area contributed by atoms with E-state index in [1.165, 1.54) is 11.8 Å². The molecule has 0 atom stereocenters. The van der Waals surface area contributed by atoms with Crippen LogP contribution < -0.4 is 10.6 Å². The van der Waals surface area contributed by atoms with Crippen molar-refractivity contribution in [3.8, 4) is 0 Å². The zero-order valence-corrected chi connectivity index (χ0v) is 17.5. The Hall–Kier alpha value is -3.13. The van der Waals surface area contributed by atoms with E-state index in [1.807, 2.05) is 13.8 Å². The number of carbonyl (C=O) groups excluding carboxylic acids is 2. The first-order chi connectivity index (χ1) is 13.9. The Morgan fingerprint density at radius 3 is 2.52 bits per heavy atom. The quantitative estimate of drug-likeness (QED) is 0.598. The maximum absolute atomic E-state index is 12.9. The van der Waals surface area contributed by atoms with Gasteiger partial charge < -0.3 is 15.2 Å². The number of amides is 2. The van der Waals surface area contributed by atoms with Crippen LogP contribution in [-0.2, 0) is 5.75 Å². The maximum atomic E-state index is 12.9. The van der Waals surface area contributed by atoms with Gasteiger partial charge in [-0.05, 0) is 50.6 Å². The van der Waals surface area contributed by atoms with Gasteiger partial charge in [0.05, 0.1) is 11.3 Å². The predicted octanol–water partition coefficient (Wildman–Crippen LogP) is 3.90. The number of nitrogens with zero attached hydrogens (tertiary/aromatic N) is 2. The highest BCUT2D eigenvalue weighted by atomic mass is 32.2. The summed E-state index contributed by atoms with van der Waals surface area (Å²) in [4.78, 5) is 29.3. The first-order valence-electron chi connectivity index (χ1n) is 9.05. The number of benzene rings is 1. The molecule has 3 aromatic rings. The molecule has 1 aromatic carbocycles. The fourth-order valence-electron chi connectivity index (χ4n) is 2.87. The van der Waals surface area contributed by atoms with Gasteiger partial charge in [0.1, 0.15) is 10.8 Å². The molecule has 2 amide bonds. The van der Waals surface area contributed by atoms with Gasteiger partial charge in [-0.2, -0.15) is 0 Å². The van der Waals surface area contributed by atoms with E-state index in [4.69, 9.17) is 4.52 Å². The Labute approximate surface area is 173 Å². The molecule has 0 saturated carbocycles. The molecule has 0 aliphatic carbocycles. The number of nitrogens with one attached hydrogen (secondary N) is 2. The third-order valence-electron chi connectivity index (χ3n) is 4.60. The highest BCUT2D eigenvalue weighted by molar-refractivity contribution is 7.98. The Morgan fingerprint density at radius 2 is 1.83 bits per heavy atom.